The molecule has 0 saturated carbocycles. The Balaban J connectivity index is 1.47. The first-order valence-electron chi connectivity index (χ1n) is 10.4. The number of imidazole rings is 1. The molecule has 0 spiro atoms. The van der Waals surface area contributed by atoms with Crippen molar-refractivity contribution < 1.29 is 18.5 Å². The first-order valence-corrected chi connectivity index (χ1v) is 10.4. The predicted molar refractivity (Wildman–Crippen MR) is 123 cm³/mol. The highest BCUT2D eigenvalue weighted by atomic mass is 19.1. The molecule has 168 valence electrons. The Morgan fingerprint density at radius 3 is 2.56 bits per heavy atom. The number of benzene rings is 2. The van der Waals surface area contributed by atoms with Crippen LogP contribution < -0.4 is 5.32 Å². The largest absolute Gasteiger partial charge is 0.335 e. The zero-order chi connectivity index (χ0) is 23.8. The average molecular weight is 455 g/mol. The highest BCUT2D eigenvalue weighted by Gasteiger charge is 2.21. The van der Waals surface area contributed by atoms with Gasteiger partial charge >= 0.3 is 0 Å². The molecule has 8 nitrogen and oxygen atoms in total. The molecule has 0 fully saturated rings. The van der Waals surface area contributed by atoms with Crippen LogP contribution in [0.2, 0.25) is 0 Å². The molecule has 3 aromatic heterocycles. The zero-order valence-electron chi connectivity index (χ0n) is 18.2. The molecule has 0 aliphatic rings. The summed E-state index contributed by atoms with van der Waals surface area (Å²) in [6, 6.07) is 14.2. The number of fused-ring (bicyclic) bond motifs is 1. The third-order valence-electron chi connectivity index (χ3n) is 5.44. The van der Waals surface area contributed by atoms with Gasteiger partial charge in [-0.25, -0.2) is 14.4 Å². The lowest BCUT2D eigenvalue weighted by Gasteiger charge is -2.09. The molecular weight excluding hydrogens is 437 g/mol. The van der Waals surface area contributed by atoms with Gasteiger partial charge in [0.05, 0.1) is 22.3 Å². The lowest BCUT2D eigenvalue weighted by Crippen LogP contribution is -2.14. The second kappa shape index (κ2) is 8.36. The molecular formula is C25H18FN5O3. The van der Waals surface area contributed by atoms with Gasteiger partial charge in [0.25, 0.3) is 11.6 Å². The first-order chi connectivity index (χ1) is 16.4. The summed E-state index contributed by atoms with van der Waals surface area (Å²) in [5.41, 5.74) is 2.29. The number of nitrogens with zero attached hydrogens (tertiary/aromatic N) is 4. The topological polar surface area (TPSA) is 103 Å². The Morgan fingerprint density at radius 2 is 1.85 bits per heavy atom. The van der Waals surface area contributed by atoms with Crippen LogP contribution >= 0.6 is 0 Å². The number of aryl methyl sites for hydroxylation is 2. The van der Waals surface area contributed by atoms with E-state index in [0.29, 0.717) is 28.2 Å². The van der Waals surface area contributed by atoms with E-state index in [0.717, 1.165) is 0 Å². The van der Waals surface area contributed by atoms with Crippen LogP contribution in [0.25, 0.3) is 22.4 Å². The Labute approximate surface area is 193 Å². The van der Waals surface area contributed by atoms with Crippen LogP contribution in [0.15, 0.2) is 71.5 Å². The van der Waals surface area contributed by atoms with Crippen molar-refractivity contribution in [1.29, 1.82) is 0 Å². The molecule has 0 aliphatic heterocycles. The van der Waals surface area contributed by atoms with E-state index in [1.165, 1.54) is 12.1 Å². The SMILES string of the molecule is Cc1noc2nc(-c3ccccc3F)cc(C(=O)Nc3ccc(C(=O)c4nccn4C)cc3)c12. The van der Waals surface area contributed by atoms with Gasteiger partial charge in [0.2, 0.25) is 5.78 Å². The van der Waals surface area contributed by atoms with Gasteiger partial charge in [-0.1, -0.05) is 17.3 Å². The van der Waals surface area contributed by atoms with Crippen molar-refractivity contribution in [3.8, 4) is 11.3 Å². The summed E-state index contributed by atoms with van der Waals surface area (Å²) in [7, 11) is 1.74. The van der Waals surface area contributed by atoms with E-state index >= 15 is 0 Å². The number of nitrogens with one attached hydrogen (secondary N) is 1. The third kappa shape index (κ3) is 3.73. The quantitative estimate of drug-likeness (QED) is 0.390. The van der Waals surface area contributed by atoms with E-state index in [4.69, 9.17) is 4.52 Å². The van der Waals surface area contributed by atoms with Crippen LogP contribution in [0.1, 0.15) is 32.2 Å². The van der Waals surface area contributed by atoms with Gasteiger partial charge in [0, 0.05) is 36.3 Å². The third-order valence-corrected chi connectivity index (χ3v) is 5.44. The van der Waals surface area contributed by atoms with E-state index in [9.17, 15) is 14.0 Å². The molecule has 0 aliphatic carbocycles. The Hall–Kier alpha value is -4.66. The summed E-state index contributed by atoms with van der Waals surface area (Å²) in [6.07, 6.45) is 3.25. The van der Waals surface area contributed by atoms with E-state index in [-0.39, 0.29) is 28.3 Å². The van der Waals surface area contributed by atoms with Crippen LogP contribution in [0.3, 0.4) is 0 Å². The number of anilines is 1. The molecule has 0 unspecified atom stereocenters. The van der Waals surface area contributed by atoms with Gasteiger partial charge in [0.15, 0.2) is 5.82 Å². The van der Waals surface area contributed by atoms with E-state index in [2.05, 4.69) is 20.4 Å². The number of aromatic nitrogens is 4. The summed E-state index contributed by atoms with van der Waals surface area (Å²) < 4.78 is 21.3. The van der Waals surface area contributed by atoms with Crippen LogP contribution in [0.4, 0.5) is 10.1 Å². The number of ketones is 1. The van der Waals surface area contributed by atoms with Gasteiger partial charge in [-0.05, 0) is 49.4 Å². The maximum atomic E-state index is 14.4. The Morgan fingerprint density at radius 1 is 1.09 bits per heavy atom. The zero-order valence-corrected chi connectivity index (χ0v) is 18.2. The fraction of sp³-hybridized carbons (Fsp3) is 0.0800. The first kappa shape index (κ1) is 21.2. The summed E-state index contributed by atoms with van der Waals surface area (Å²) >= 11 is 0. The number of hydrogen-bond acceptors (Lipinski definition) is 6. The molecule has 0 radical (unpaired) electrons. The molecule has 1 N–H and O–H groups in total. The summed E-state index contributed by atoms with van der Waals surface area (Å²) in [5.74, 6) is -0.820. The van der Waals surface area contributed by atoms with Crippen molar-refractivity contribution in [3.63, 3.8) is 0 Å². The van der Waals surface area contributed by atoms with Crippen molar-refractivity contribution in [3.05, 3.63) is 95.5 Å². The van der Waals surface area contributed by atoms with Gasteiger partial charge < -0.3 is 14.4 Å². The Bertz CT molecular complexity index is 1550. The van der Waals surface area contributed by atoms with Crippen molar-refractivity contribution in [2.75, 3.05) is 5.32 Å². The summed E-state index contributed by atoms with van der Waals surface area (Å²) in [6.45, 7) is 1.70. The fourth-order valence-electron chi connectivity index (χ4n) is 3.70. The van der Waals surface area contributed by atoms with Crippen LogP contribution in [-0.2, 0) is 7.05 Å². The van der Waals surface area contributed by atoms with E-state index in [1.54, 1.807) is 73.4 Å². The van der Waals surface area contributed by atoms with Crippen LogP contribution in [-0.4, -0.2) is 31.4 Å². The average Bonchev–Trinajstić information content (AvgIpc) is 3.44. The Kier molecular flexibility index (Phi) is 5.21. The standard InChI is InChI=1S/C25H18FN5O3/c1-14-21-18(13-20(29-25(21)34-30-14)17-5-3-4-6-19(17)26)24(33)28-16-9-7-15(8-10-16)22(32)23-27-11-12-31(23)2/h3-13H,1-2H3,(H,28,33). The number of hydrogen-bond donors (Lipinski definition) is 1. The number of pyridine rings is 1. The lowest BCUT2D eigenvalue weighted by atomic mass is 10.0. The minimum Gasteiger partial charge on any atom is -0.335 e. The molecule has 9 heteroatoms. The van der Waals surface area contributed by atoms with Crippen molar-refractivity contribution in [1.82, 2.24) is 19.7 Å². The molecule has 5 rings (SSSR count). The minimum absolute atomic E-state index is 0.138. The number of halogens is 1. The molecule has 5 aromatic rings. The maximum absolute atomic E-state index is 14.4. The number of carbonyl (C=O) groups excluding carboxylic acids is 2. The highest BCUT2D eigenvalue weighted by molar-refractivity contribution is 6.13. The lowest BCUT2D eigenvalue weighted by molar-refractivity contribution is 0.102. The number of amides is 1. The number of carbonyl (C=O) groups is 2. The highest BCUT2D eigenvalue weighted by Crippen LogP contribution is 2.29. The molecule has 34 heavy (non-hydrogen) atoms. The maximum Gasteiger partial charge on any atom is 0.259 e. The summed E-state index contributed by atoms with van der Waals surface area (Å²) in [5, 5.41) is 7.16. The second-order valence-corrected chi connectivity index (χ2v) is 7.71. The van der Waals surface area contributed by atoms with Crippen molar-refractivity contribution in [2.24, 2.45) is 7.05 Å². The molecule has 0 bridgehead atoms. The molecule has 3 heterocycles. The van der Waals surface area contributed by atoms with Gasteiger partial charge in [-0.15, -0.1) is 0 Å². The molecule has 0 saturated heterocycles. The van der Waals surface area contributed by atoms with Crippen molar-refractivity contribution >= 4 is 28.5 Å². The molecule has 1 amide bonds. The monoisotopic (exact) mass is 455 g/mol. The van der Waals surface area contributed by atoms with Gasteiger partial charge in [-0.2, -0.15) is 0 Å². The number of rotatable bonds is 5. The minimum atomic E-state index is -0.468. The molecule has 0 atom stereocenters. The smallest absolute Gasteiger partial charge is 0.259 e. The fourth-order valence-corrected chi connectivity index (χ4v) is 3.70. The summed E-state index contributed by atoms with van der Waals surface area (Å²) in [4.78, 5) is 34.2. The van der Waals surface area contributed by atoms with E-state index in [1.807, 2.05) is 0 Å². The molecule has 2 aromatic carbocycles. The van der Waals surface area contributed by atoms with Crippen LogP contribution in [0, 0.1) is 12.7 Å². The second-order valence-electron chi connectivity index (χ2n) is 7.71. The van der Waals surface area contributed by atoms with E-state index < -0.39 is 11.7 Å². The van der Waals surface area contributed by atoms with Gasteiger partial charge in [-0.3, -0.25) is 9.59 Å². The normalized spacial score (nSPS) is 11.0. The predicted octanol–water partition coefficient (Wildman–Crippen LogP) is 4.55. The van der Waals surface area contributed by atoms with Crippen molar-refractivity contribution in [2.45, 2.75) is 6.92 Å². The van der Waals surface area contributed by atoms with Gasteiger partial charge in [0.1, 0.15) is 5.82 Å². The van der Waals surface area contributed by atoms with Crippen LogP contribution in [0.5, 0.6) is 0 Å².